The zero-order valence-electron chi connectivity index (χ0n) is 12.2. The first-order valence-corrected chi connectivity index (χ1v) is 7.70. The van der Waals surface area contributed by atoms with Gasteiger partial charge >= 0.3 is 0 Å². The summed E-state index contributed by atoms with van der Waals surface area (Å²) in [6.07, 6.45) is 4.46. The van der Waals surface area contributed by atoms with Gasteiger partial charge in [0, 0.05) is 25.8 Å². The highest BCUT2D eigenvalue weighted by Crippen LogP contribution is 2.47. The van der Waals surface area contributed by atoms with Gasteiger partial charge in [0.2, 0.25) is 5.91 Å². The monoisotopic (exact) mass is 268 g/mol. The van der Waals surface area contributed by atoms with Crippen molar-refractivity contribution in [1.29, 1.82) is 0 Å². The Morgan fingerprint density at radius 2 is 2.11 bits per heavy atom. The van der Waals surface area contributed by atoms with E-state index in [2.05, 4.69) is 19.2 Å². The largest absolute Gasteiger partial charge is 0.381 e. The van der Waals surface area contributed by atoms with E-state index in [1.807, 2.05) is 0 Å². The molecule has 3 N–H and O–H groups in total. The fraction of sp³-hybridized carbons (Fsp3) is 0.933. The average Bonchev–Trinajstić information content (AvgIpc) is 2.93. The van der Waals surface area contributed by atoms with Crippen LogP contribution in [0.3, 0.4) is 0 Å². The van der Waals surface area contributed by atoms with Crippen LogP contribution in [-0.2, 0) is 9.53 Å². The van der Waals surface area contributed by atoms with Crippen molar-refractivity contribution in [3.8, 4) is 0 Å². The first kappa shape index (κ1) is 14.8. The maximum Gasteiger partial charge on any atom is 0.224 e. The minimum absolute atomic E-state index is 0.0651. The third kappa shape index (κ3) is 3.69. The maximum absolute atomic E-state index is 12.2. The summed E-state index contributed by atoms with van der Waals surface area (Å²) in [4.78, 5) is 12.2. The summed E-state index contributed by atoms with van der Waals surface area (Å²) in [5, 5.41) is 3.03. The molecule has 0 heterocycles. The first-order valence-electron chi connectivity index (χ1n) is 7.70. The number of ether oxygens (including phenoxy) is 1. The predicted molar refractivity (Wildman–Crippen MR) is 75.6 cm³/mol. The van der Waals surface area contributed by atoms with E-state index in [4.69, 9.17) is 10.5 Å². The molecule has 110 valence electrons. The number of hydrogen-bond acceptors (Lipinski definition) is 3. The fourth-order valence-corrected chi connectivity index (χ4v) is 3.55. The standard InChI is InChI=1S/C15H28N2O2/c1-10(2)9-19-7-3-6-17-15(18)13-11-4-5-12(8-11)14(13)16/h10-14H,3-9,16H2,1-2H3,(H,17,18). The molecule has 2 fully saturated rings. The molecule has 0 radical (unpaired) electrons. The van der Waals surface area contributed by atoms with Gasteiger partial charge in [0.05, 0.1) is 5.92 Å². The molecule has 2 rings (SSSR count). The second-order valence-corrected chi connectivity index (χ2v) is 6.55. The summed E-state index contributed by atoms with van der Waals surface area (Å²) in [5.74, 6) is 1.94. The molecule has 4 unspecified atom stereocenters. The van der Waals surface area contributed by atoms with Gasteiger partial charge < -0.3 is 15.8 Å². The predicted octanol–water partition coefficient (Wildman–Crippen LogP) is 1.54. The van der Waals surface area contributed by atoms with Crippen LogP contribution in [0, 0.1) is 23.7 Å². The molecule has 19 heavy (non-hydrogen) atoms. The minimum atomic E-state index is 0.0651. The normalized spacial score (nSPS) is 33.1. The van der Waals surface area contributed by atoms with E-state index in [9.17, 15) is 4.79 Å². The number of amides is 1. The van der Waals surface area contributed by atoms with Gasteiger partial charge in [-0.15, -0.1) is 0 Å². The van der Waals surface area contributed by atoms with Crippen molar-refractivity contribution in [2.45, 2.75) is 45.6 Å². The van der Waals surface area contributed by atoms with Crippen LogP contribution in [0.15, 0.2) is 0 Å². The Morgan fingerprint density at radius 3 is 2.74 bits per heavy atom. The number of carbonyl (C=O) groups is 1. The summed E-state index contributed by atoms with van der Waals surface area (Å²) in [7, 11) is 0. The molecule has 2 bridgehead atoms. The molecule has 4 atom stereocenters. The highest BCUT2D eigenvalue weighted by atomic mass is 16.5. The van der Waals surface area contributed by atoms with Crippen LogP contribution in [-0.4, -0.2) is 31.7 Å². The van der Waals surface area contributed by atoms with Crippen molar-refractivity contribution in [3.05, 3.63) is 0 Å². The smallest absolute Gasteiger partial charge is 0.224 e. The van der Waals surface area contributed by atoms with E-state index in [1.54, 1.807) is 0 Å². The molecule has 2 aliphatic carbocycles. The van der Waals surface area contributed by atoms with Gasteiger partial charge in [-0.25, -0.2) is 0 Å². The lowest BCUT2D eigenvalue weighted by atomic mass is 9.84. The molecular formula is C15H28N2O2. The lowest BCUT2D eigenvalue weighted by Crippen LogP contribution is -2.45. The van der Waals surface area contributed by atoms with Crippen LogP contribution in [0.1, 0.15) is 39.5 Å². The van der Waals surface area contributed by atoms with Crippen LogP contribution >= 0.6 is 0 Å². The number of rotatable bonds is 7. The Kier molecular flexibility index (Phi) is 5.22. The molecule has 0 aromatic carbocycles. The zero-order chi connectivity index (χ0) is 13.8. The highest BCUT2D eigenvalue weighted by molar-refractivity contribution is 5.80. The molecule has 2 aliphatic rings. The highest BCUT2D eigenvalue weighted by Gasteiger charge is 2.48. The first-order chi connectivity index (χ1) is 9.09. The number of hydrogen-bond donors (Lipinski definition) is 2. The Labute approximate surface area is 116 Å². The van der Waals surface area contributed by atoms with Crippen LogP contribution in [0.2, 0.25) is 0 Å². The molecule has 0 aliphatic heterocycles. The van der Waals surface area contributed by atoms with Crippen LogP contribution in [0.4, 0.5) is 0 Å². The Bertz CT molecular complexity index is 305. The van der Waals surface area contributed by atoms with Crippen molar-refractivity contribution in [2.24, 2.45) is 29.4 Å². The van der Waals surface area contributed by atoms with Gasteiger partial charge in [-0.3, -0.25) is 4.79 Å². The summed E-state index contributed by atoms with van der Waals surface area (Å²) < 4.78 is 5.50. The third-order valence-electron chi connectivity index (χ3n) is 4.50. The molecule has 4 nitrogen and oxygen atoms in total. The van der Waals surface area contributed by atoms with E-state index in [0.29, 0.717) is 24.3 Å². The third-order valence-corrected chi connectivity index (χ3v) is 4.50. The second-order valence-electron chi connectivity index (χ2n) is 6.55. The van der Waals surface area contributed by atoms with Crippen LogP contribution < -0.4 is 11.1 Å². The zero-order valence-corrected chi connectivity index (χ0v) is 12.2. The maximum atomic E-state index is 12.2. The van der Waals surface area contributed by atoms with Gasteiger partial charge in [-0.2, -0.15) is 0 Å². The molecule has 0 spiro atoms. The topological polar surface area (TPSA) is 64.3 Å². The van der Waals surface area contributed by atoms with Gasteiger partial charge in [0.15, 0.2) is 0 Å². The van der Waals surface area contributed by atoms with Gasteiger partial charge in [-0.05, 0) is 43.4 Å². The number of fused-ring (bicyclic) bond motifs is 2. The number of carbonyl (C=O) groups excluding carboxylic acids is 1. The lowest BCUT2D eigenvalue weighted by molar-refractivity contribution is -0.127. The fourth-order valence-electron chi connectivity index (χ4n) is 3.55. The molecular weight excluding hydrogens is 240 g/mol. The number of nitrogens with two attached hydrogens (primary N) is 1. The Morgan fingerprint density at radius 1 is 1.37 bits per heavy atom. The van der Waals surface area contributed by atoms with E-state index in [0.717, 1.165) is 26.1 Å². The van der Waals surface area contributed by atoms with Crippen molar-refractivity contribution in [2.75, 3.05) is 19.8 Å². The van der Waals surface area contributed by atoms with Crippen LogP contribution in [0.5, 0.6) is 0 Å². The second kappa shape index (κ2) is 6.71. The summed E-state index contributed by atoms with van der Waals surface area (Å²) in [5.41, 5.74) is 6.16. The quantitative estimate of drug-likeness (QED) is 0.688. The van der Waals surface area contributed by atoms with E-state index in [-0.39, 0.29) is 17.9 Å². The molecule has 1 amide bonds. The molecule has 0 aromatic rings. The number of nitrogens with one attached hydrogen (secondary N) is 1. The van der Waals surface area contributed by atoms with Crippen molar-refractivity contribution >= 4 is 5.91 Å². The lowest BCUT2D eigenvalue weighted by Gasteiger charge is -2.27. The molecule has 2 saturated carbocycles. The average molecular weight is 268 g/mol. The van der Waals surface area contributed by atoms with Crippen LogP contribution in [0.25, 0.3) is 0 Å². The van der Waals surface area contributed by atoms with E-state index >= 15 is 0 Å². The van der Waals surface area contributed by atoms with Gasteiger partial charge in [-0.1, -0.05) is 13.8 Å². The summed E-state index contributed by atoms with van der Waals surface area (Å²) in [6.45, 7) is 6.50. The van der Waals surface area contributed by atoms with Gasteiger partial charge in [0.1, 0.15) is 0 Å². The Balaban J connectivity index is 1.60. The van der Waals surface area contributed by atoms with Crippen molar-refractivity contribution in [1.82, 2.24) is 5.32 Å². The summed E-state index contributed by atoms with van der Waals surface area (Å²) in [6, 6.07) is 0.0935. The van der Waals surface area contributed by atoms with Crippen molar-refractivity contribution in [3.63, 3.8) is 0 Å². The van der Waals surface area contributed by atoms with E-state index in [1.165, 1.54) is 12.8 Å². The SMILES string of the molecule is CC(C)COCCCNC(=O)C1C2CCC(C2)C1N. The molecule has 0 aromatic heterocycles. The molecule has 4 heteroatoms. The van der Waals surface area contributed by atoms with Crippen molar-refractivity contribution < 1.29 is 9.53 Å². The van der Waals surface area contributed by atoms with E-state index < -0.39 is 0 Å². The minimum Gasteiger partial charge on any atom is -0.381 e. The molecule has 0 saturated heterocycles. The van der Waals surface area contributed by atoms with Gasteiger partial charge in [0.25, 0.3) is 0 Å². The summed E-state index contributed by atoms with van der Waals surface area (Å²) >= 11 is 0. The Hall–Kier alpha value is -0.610.